The molecule has 1 aliphatic rings. The molecule has 0 spiro atoms. The first-order chi connectivity index (χ1) is 9.87. The van der Waals surface area contributed by atoms with Gasteiger partial charge >= 0.3 is 6.18 Å². The van der Waals surface area contributed by atoms with Crippen molar-refractivity contribution in [1.82, 2.24) is 4.90 Å². The van der Waals surface area contributed by atoms with Crippen LogP contribution >= 0.6 is 11.6 Å². The fraction of sp³-hybridized carbons (Fsp3) is 0.500. The van der Waals surface area contributed by atoms with E-state index in [1.54, 1.807) is 18.2 Å². The van der Waals surface area contributed by atoms with Crippen molar-refractivity contribution in [3.63, 3.8) is 0 Å². The van der Waals surface area contributed by atoms with E-state index in [4.69, 9.17) is 16.9 Å². The van der Waals surface area contributed by atoms with Crippen LogP contribution in [-0.4, -0.2) is 37.3 Å². The van der Waals surface area contributed by atoms with Gasteiger partial charge in [0.1, 0.15) is 6.07 Å². The third kappa shape index (κ3) is 4.80. The zero-order valence-corrected chi connectivity index (χ0v) is 12.0. The van der Waals surface area contributed by atoms with E-state index < -0.39 is 12.7 Å². The lowest BCUT2D eigenvalue weighted by Gasteiger charge is -2.18. The quantitative estimate of drug-likeness (QED) is 0.923. The minimum Gasteiger partial charge on any atom is -0.384 e. The minimum atomic E-state index is -4.15. The highest BCUT2D eigenvalue weighted by molar-refractivity contribution is 6.30. The Hall–Kier alpha value is -1.45. The number of nitriles is 1. The second-order valence-corrected chi connectivity index (χ2v) is 5.62. The third-order valence-corrected chi connectivity index (χ3v) is 3.69. The fourth-order valence-corrected chi connectivity index (χ4v) is 2.66. The number of rotatable bonds is 4. The number of anilines is 1. The van der Waals surface area contributed by atoms with Crippen molar-refractivity contribution >= 4 is 17.3 Å². The van der Waals surface area contributed by atoms with E-state index in [-0.39, 0.29) is 5.92 Å². The molecule has 1 aromatic rings. The molecule has 1 atom stereocenters. The Bertz CT molecular complexity index is 539. The largest absolute Gasteiger partial charge is 0.401 e. The average Bonchev–Trinajstić information content (AvgIpc) is 2.82. The highest BCUT2D eigenvalue weighted by atomic mass is 35.5. The molecule has 1 heterocycles. The summed E-state index contributed by atoms with van der Waals surface area (Å²) in [6.45, 7) is 0.537. The first-order valence-corrected chi connectivity index (χ1v) is 6.98. The van der Waals surface area contributed by atoms with Crippen LogP contribution in [0, 0.1) is 17.2 Å². The van der Waals surface area contributed by atoms with Crippen LogP contribution in [0.5, 0.6) is 0 Å². The predicted molar refractivity (Wildman–Crippen MR) is 75.3 cm³/mol. The number of benzene rings is 1. The number of alkyl halides is 3. The molecule has 1 aromatic carbocycles. The summed E-state index contributed by atoms with van der Waals surface area (Å²) in [6, 6.07) is 6.96. The Morgan fingerprint density at radius 3 is 2.86 bits per heavy atom. The summed E-state index contributed by atoms with van der Waals surface area (Å²) < 4.78 is 37.0. The zero-order chi connectivity index (χ0) is 15.5. The fourth-order valence-electron chi connectivity index (χ4n) is 2.49. The number of halogens is 4. The number of hydrogen-bond acceptors (Lipinski definition) is 3. The molecular formula is C14H15ClF3N3. The molecule has 0 amide bonds. The van der Waals surface area contributed by atoms with E-state index in [2.05, 4.69) is 11.4 Å². The molecule has 0 saturated carbocycles. The number of nitrogens with zero attached hydrogens (tertiary/aromatic N) is 2. The highest BCUT2D eigenvalue weighted by Crippen LogP contribution is 2.25. The molecule has 0 aliphatic carbocycles. The van der Waals surface area contributed by atoms with Gasteiger partial charge in [-0.3, -0.25) is 4.90 Å². The van der Waals surface area contributed by atoms with E-state index in [9.17, 15) is 13.2 Å². The van der Waals surface area contributed by atoms with Gasteiger partial charge in [-0.2, -0.15) is 18.4 Å². The minimum absolute atomic E-state index is 0.137. The van der Waals surface area contributed by atoms with E-state index in [1.165, 1.54) is 4.90 Å². The topological polar surface area (TPSA) is 39.1 Å². The van der Waals surface area contributed by atoms with Gasteiger partial charge < -0.3 is 5.32 Å². The predicted octanol–water partition coefficient (Wildman–Crippen LogP) is 3.51. The van der Waals surface area contributed by atoms with E-state index in [0.717, 1.165) is 0 Å². The lowest BCUT2D eigenvalue weighted by Crippen LogP contribution is -2.33. The normalized spacial score (nSPS) is 19.5. The van der Waals surface area contributed by atoms with E-state index in [1.807, 2.05) is 0 Å². The average molecular weight is 318 g/mol. The van der Waals surface area contributed by atoms with Crippen molar-refractivity contribution in [2.75, 3.05) is 31.5 Å². The van der Waals surface area contributed by atoms with Crippen molar-refractivity contribution in [3.05, 3.63) is 28.8 Å². The first kappa shape index (κ1) is 15.9. The maximum Gasteiger partial charge on any atom is 0.401 e. The van der Waals surface area contributed by atoms with Crippen LogP contribution in [0.15, 0.2) is 18.2 Å². The van der Waals surface area contributed by atoms with E-state index in [0.29, 0.717) is 42.3 Å². The molecule has 1 N–H and O–H groups in total. The standard InChI is InChI=1S/C14H15ClF3N3/c15-12-2-1-11(6-19)13(5-12)20-7-10-3-4-21(8-10)9-14(16,17)18/h1-2,5,10,20H,3-4,7-9H2. The second-order valence-electron chi connectivity index (χ2n) is 5.19. The van der Waals surface area contributed by atoms with Crippen molar-refractivity contribution in [1.29, 1.82) is 5.26 Å². The van der Waals surface area contributed by atoms with Gasteiger partial charge in [0.15, 0.2) is 0 Å². The van der Waals surface area contributed by atoms with E-state index >= 15 is 0 Å². The van der Waals surface area contributed by atoms with Gasteiger partial charge in [0, 0.05) is 18.1 Å². The van der Waals surface area contributed by atoms with Crippen LogP contribution in [0.3, 0.4) is 0 Å². The zero-order valence-electron chi connectivity index (χ0n) is 11.3. The summed E-state index contributed by atoms with van der Waals surface area (Å²) >= 11 is 5.88. The molecule has 1 unspecified atom stereocenters. The Morgan fingerprint density at radius 2 is 2.19 bits per heavy atom. The van der Waals surface area contributed by atoms with Gasteiger partial charge in [0.05, 0.1) is 17.8 Å². The monoisotopic (exact) mass is 317 g/mol. The molecule has 0 radical (unpaired) electrons. The molecule has 21 heavy (non-hydrogen) atoms. The summed E-state index contributed by atoms with van der Waals surface area (Å²) in [4.78, 5) is 1.41. The number of hydrogen-bond donors (Lipinski definition) is 1. The molecule has 2 rings (SSSR count). The first-order valence-electron chi connectivity index (χ1n) is 6.60. The number of likely N-dealkylation sites (tertiary alicyclic amines) is 1. The van der Waals surface area contributed by atoms with Crippen molar-refractivity contribution < 1.29 is 13.2 Å². The lowest BCUT2D eigenvalue weighted by atomic mass is 10.1. The maximum absolute atomic E-state index is 12.3. The molecular weight excluding hydrogens is 303 g/mol. The Labute approximate surface area is 126 Å². The summed E-state index contributed by atoms with van der Waals surface area (Å²) in [5.41, 5.74) is 1.10. The molecule has 114 valence electrons. The molecule has 1 fully saturated rings. The van der Waals surface area contributed by atoms with Crippen molar-refractivity contribution in [2.24, 2.45) is 5.92 Å². The molecule has 7 heteroatoms. The van der Waals surface area contributed by atoms with Crippen molar-refractivity contribution in [3.8, 4) is 6.07 Å². The lowest BCUT2D eigenvalue weighted by molar-refractivity contribution is -0.143. The molecule has 0 aromatic heterocycles. The number of nitrogens with one attached hydrogen (secondary N) is 1. The highest BCUT2D eigenvalue weighted by Gasteiger charge is 2.34. The van der Waals surface area contributed by atoms with Crippen LogP contribution in [0.1, 0.15) is 12.0 Å². The van der Waals surface area contributed by atoms with Crippen LogP contribution in [-0.2, 0) is 0 Å². The smallest absolute Gasteiger partial charge is 0.384 e. The van der Waals surface area contributed by atoms with Crippen LogP contribution in [0.2, 0.25) is 5.02 Å². The molecule has 1 saturated heterocycles. The summed E-state index contributed by atoms with van der Waals surface area (Å²) in [5, 5.41) is 12.6. The Kier molecular flexibility index (Phi) is 4.96. The summed E-state index contributed by atoms with van der Waals surface area (Å²) in [5.74, 6) is 0.137. The third-order valence-electron chi connectivity index (χ3n) is 3.46. The Balaban J connectivity index is 1.88. The maximum atomic E-state index is 12.3. The van der Waals surface area contributed by atoms with Gasteiger partial charge in [-0.1, -0.05) is 11.6 Å². The SMILES string of the molecule is N#Cc1ccc(Cl)cc1NCC1CCN(CC(F)(F)F)C1. The van der Waals surface area contributed by atoms with Gasteiger partial charge in [-0.25, -0.2) is 0 Å². The molecule has 1 aliphatic heterocycles. The van der Waals surface area contributed by atoms with Gasteiger partial charge in [0.2, 0.25) is 0 Å². The van der Waals surface area contributed by atoms with Gasteiger partial charge in [-0.05, 0) is 37.1 Å². The van der Waals surface area contributed by atoms with Crippen molar-refractivity contribution in [2.45, 2.75) is 12.6 Å². The van der Waals surface area contributed by atoms with Crippen LogP contribution in [0.25, 0.3) is 0 Å². The van der Waals surface area contributed by atoms with Gasteiger partial charge in [-0.15, -0.1) is 0 Å². The Morgan fingerprint density at radius 1 is 1.43 bits per heavy atom. The second kappa shape index (κ2) is 6.54. The van der Waals surface area contributed by atoms with Crippen LogP contribution in [0.4, 0.5) is 18.9 Å². The summed E-state index contributed by atoms with van der Waals surface area (Å²) in [6.07, 6.45) is -3.44. The van der Waals surface area contributed by atoms with Crippen LogP contribution < -0.4 is 5.32 Å². The van der Waals surface area contributed by atoms with Gasteiger partial charge in [0.25, 0.3) is 0 Å². The molecule has 0 bridgehead atoms. The molecule has 3 nitrogen and oxygen atoms in total. The summed E-state index contributed by atoms with van der Waals surface area (Å²) in [7, 11) is 0.